The summed E-state index contributed by atoms with van der Waals surface area (Å²) >= 11 is 3.95. The smallest absolute Gasteiger partial charge is 0.321 e. The Morgan fingerprint density at radius 2 is 0.878 bits per heavy atom. The second-order valence-corrected chi connectivity index (χ2v) is 30.3. The standard InChI is InChI=1S/C28H33N7O3S.C27H29N7O4S.C26H29N7O3S/c1-5-29-27(37)34-28-33-24-10-20(21-11-31-26(18(4)36)32-12-21)9-22(25(24)39-28)23-8-19(6-7-30-23)14-35-13-17(3)38-15-16(35)2;1-3-28-26(38)33-27-32-21-11-17(18-12-30-24(15(2)35)31-13-18)10-19(23(21)39-27)20-9-16(6-7-29-20)14-34-8-4-5-22(34)25(36)37;1-3-27-25(35)32-26-31-22-12-18(19-13-29-24(16(2)34)30-14-19)11-20(23(22)37-26)21-10-17(4-5-28-21)15-33-6-8-36-9-7-33/h6-12,16-18,36H,5,13-15H2,1-4H3,(H2,29,33,34,37);6-7,9-13,15,22,35H,3-5,8,14H2,1-2H3,(H,36,37)(H2,28,32,33,38);4-5,10-14,16,34H,3,6-9,15H2,1-2H3,(H2,27,31,32,35)/t;15?,22-;/m.0./s1/i;;6D2,7D2,8D2,9D2. The van der Waals surface area contributed by atoms with Crippen molar-refractivity contribution in [2.45, 2.75) is 124 Å². The van der Waals surface area contributed by atoms with Crippen LogP contribution in [0.4, 0.5) is 29.8 Å². The van der Waals surface area contributed by atoms with Gasteiger partial charge in [0.2, 0.25) is 0 Å². The van der Waals surface area contributed by atoms with Gasteiger partial charge in [-0.3, -0.25) is 50.4 Å². The summed E-state index contributed by atoms with van der Waals surface area (Å²) in [5.41, 5.74) is 13.0. The van der Waals surface area contributed by atoms with E-state index in [2.05, 4.69) is 123 Å². The first-order valence-corrected chi connectivity index (χ1v) is 39.7. The van der Waals surface area contributed by atoms with Gasteiger partial charge in [0.25, 0.3) is 0 Å². The van der Waals surface area contributed by atoms with Gasteiger partial charge in [-0.25, -0.2) is 59.2 Å². The Balaban J connectivity index is 0.000000159. The molecule has 3 aromatic carbocycles. The van der Waals surface area contributed by atoms with E-state index in [9.17, 15) is 39.6 Å². The number of urea groups is 3. The third kappa shape index (κ3) is 20.7. The minimum absolute atomic E-state index is 0.203. The van der Waals surface area contributed by atoms with Crippen molar-refractivity contribution in [3.63, 3.8) is 0 Å². The molecule has 12 aromatic rings. The number of pyridine rings is 3. The molecule has 34 heteroatoms. The van der Waals surface area contributed by atoms with Crippen LogP contribution < -0.4 is 31.9 Å². The number of aliphatic hydroxyl groups excluding tert-OH is 3. The quantitative estimate of drug-likeness (QED) is 0.0301. The number of aliphatic hydroxyl groups is 3. The van der Waals surface area contributed by atoms with Crippen LogP contribution in [-0.2, 0) is 33.9 Å². The molecule has 12 heterocycles. The Labute approximate surface area is 686 Å². The summed E-state index contributed by atoms with van der Waals surface area (Å²) in [7, 11) is 0. The van der Waals surface area contributed by atoms with E-state index < -0.39 is 69.0 Å². The fraction of sp³-hybridized carbons (Fsp3) is 0.358. The van der Waals surface area contributed by atoms with Gasteiger partial charge in [0, 0.05) is 159 Å². The van der Waals surface area contributed by atoms with Crippen molar-refractivity contribution in [1.29, 1.82) is 0 Å². The molecule has 0 saturated carbocycles. The van der Waals surface area contributed by atoms with E-state index in [0.717, 1.165) is 97.8 Å². The number of amides is 6. The first-order chi connectivity index (χ1) is 58.6. The van der Waals surface area contributed by atoms with Gasteiger partial charge in [-0.15, -0.1) is 0 Å². The molecule has 6 amide bonds. The van der Waals surface area contributed by atoms with Crippen LogP contribution in [0.5, 0.6) is 0 Å². The average Bonchev–Trinajstić information content (AvgIpc) is 1.45. The van der Waals surface area contributed by atoms with Gasteiger partial charge in [0.05, 0.1) is 79.0 Å². The molecule has 31 nitrogen and oxygen atoms in total. The van der Waals surface area contributed by atoms with Gasteiger partial charge in [-0.2, -0.15) is 0 Å². The molecule has 0 aliphatic carbocycles. The molecular formula is C81H91N21O10S3. The molecule has 9 aromatic heterocycles. The van der Waals surface area contributed by atoms with Gasteiger partial charge in [-0.1, -0.05) is 34.0 Å². The highest BCUT2D eigenvalue weighted by atomic mass is 32.1. The van der Waals surface area contributed by atoms with Gasteiger partial charge < -0.3 is 45.9 Å². The van der Waals surface area contributed by atoms with Gasteiger partial charge in [0.1, 0.15) is 24.4 Å². The van der Waals surface area contributed by atoms with Crippen LogP contribution in [-0.4, -0.2) is 203 Å². The number of carboxylic acids is 1. The maximum atomic E-state index is 12.2. The van der Waals surface area contributed by atoms with Crippen molar-refractivity contribution in [2.24, 2.45) is 0 Å². The number of hydrogen-bond donors (Lipinski definition) is 10. The van der Waals surface area contributed by atoms with E-state index in [1.54, 1.807) is 89.3 Å². The van der Waals surface area contributed by atoms with Crippen molar-refractivity contribution in [1.82, 2.24) is 90.5 Å². The van der Waals surface area contributed by atoms with Crippen LogP contribution in [0.1, 0.15) is 132 Å². The minimum atomic E-state index is -3.17. The van der Waals surface area contributed by atoms with Crippen LogP contribution in [0.3, 0.4) is 0 Å². The van der Waals surface area contributed by atoms with Crippen molar-refractivity contribution >= 4 is 104 Å². The summed E-state index contributed by atoms with van der Waals surface area (Å²) < 4.78 is 78.2. The molecule has 3 fully saturated rings. The van der Waals surface area contributed by atoms with E-state index in [1.165, 1.54) is 46.3 Å². The number of nitrogens with one attached hydrogen (secondary N) is 6. The largest absolute Gasteiger partial charge is 0.480 e. The number of ether oxygens (including phenoxy) is 2. The van der Waals surface area contributed by atoms with E-state index in [0.29, 0.717) is 120 Å². The number of fused-ring (bicyclic) bond motifs is 3. The van der Waals surface area contributed by atoms with Gasteiger partial charge >= 0.3 is 24.1 Å². The highest BCUT2D eigenvalue weighted by Gasteiger charge is 2.31. The molecule has 0 radical (unpaired) electrons. The fourth-order valence-corrected chi connectivity index (χ4v) is 15.8. The summed E-state index contributed by atoms with van der Waals surface area (Å²) in [6, 6.07) is 21.4. The number of nitrogens with zero attached hydrogens (tertiary/aromatic N) is 15. The van der Waals surface area contributed by atoms with Crippen molar-refractivity contribution in [2.75, 3.05) is 81.4 Å². The van der Waals surface area contributed by atoms with Crippen LogP contribution in [0, 0.1) is 0 Å². The number of thiazole rings is 3. The summed E-state index contributed by atoms with van der Waals surface area (Å²) in [5.74, 6) is 0.145. The number of carboxylic acid groups (broad SMARTS) is 1. The van der Waals surface area contributed by atoms with Gasteiger partial charge in [0.15, 0.2) is 32.9 Å². The number of carbonyl (C=O) groups excluding carboxylic acids is 3. The lowest BCUT2D eigenvalue weighted by molar-refractivity contribution is -0.142. The van der Waals surface area contributed by atoms with Crippen molar-refractivity contribution in [3.8, 4) is 67.2 Å². The molecule has 0 spiro atoms. The highest BCUT2D eigenvalue weighted by Crippen LogP contribution is 2.42. The second kappa shape index (κ2) is 38.0. The summed E-state index contributed by atoms with van der Waals surface area (Å²) in [6.45, 7) is 6.68. The second-order valence-electron chi connectivity index (χ2n) is 27.3. The SMILES string of the molecule is CCNC(=O)Nc1nc2cc(-c3cnc(C(C)O)nc3)cc(-c3cc(CN4CC(C)OCC4C)ccn3)c2s1.CCNC(=O)Nc1nc2cc(-c3cnc(C(C)O)nc3)cc(-c3cc(CN4CCC[C@H]4C(=O)O)ccn3)c2s1.[2H]C1([2H])OC([2H])([2H])C([2H])([2H])N(Cc2ccnc(-c3cc(-c4cnc(C(C)O)nc4)cc4nc(NC(=O)NCC)sc34)c2)C1([2H])[2H]. The number of anilines is 3. The molecule has 3 aliphatic heterocycles. The lowest BCUT2D eigenvalue weighted by Gasteiger charge is -2.36. The van der Waals surface area contributed by atoms with Crippen LogP contribution in [0.15, 0.2) is 129 Å². The third-order valence-electron chi connectivity index (χ3n) is 18.5. The predicted octanol–water partition coefficient (Wildman–Crippen LogP) is 12.5. The summed E-state index contributed by atoms with van der Waals surface area (Å²) in [4.78, 5) is 107. The van der Waals surface area contributed by atoms with E-state index in [-0.39, 0.29) is 24.0 Å². The molecule has 598 valence electrons. The van der Waals surface area contributed by atoms with Crippen LogP contribution >= 0.6 is 34.0 Å². The summed E-state index contributed by atoms with van der Waals surface area (Å²) in [6.07, 6.45) is 14.1. The predicted molar refractivity (Wildman–Crippen MR) is 444 cm³/mol. The Morgan fingerprint density at radius 3 is 1.23 bits per heavy atom. The van der Waals surface area contributed by atoms with E-state index in [4.69, 9.17) is 25.7 Å². The normalized spacial score (nSPS) is 19.5. The Morgan fingerprint density at radius 1 is 0.513 bits per heavy atom. The number of aromatic nitrogens is 12. The zero-order valence-corrected chi connectivity index (χ0v) is 66.5. The van der Waals surface area contributed by atoms with E-state index in [1.807, 2.05) is 55.3 Å². The van der Waals surface area contributed by atoms with Crippen LogP contribution in [0.2, 0.25) is 0 Å². The first kappa shape index (κ1) is 71.7. The Bertz CT molecular complexity index is 5800. The molecule has 10 N–H and O–H groups in total. The number of benzene rings is 3. The third-order valence-corrected chi connectivity index (χ3v) is 21.6. The molecule has 3 saturated heterocycles. The average molecular weight is 1620 g/mol. The number of hydrogen-bond acceptors (Lipinski definition) is 27. The topological polar surface area (TPSA) is 404 Å². The number of likely N-dealkylation sites (tertiary alicyclic amines) is 1. The van der Waals surface area contributed by atoms with Crippen molar-refractivity contribution < 1.29 is 60.0 Å². The lowest BCUT2D eigenvalue weighted by atomic mass is 10.0. The Kier molecular flexibility index (Phi) is 23.7. The van der Waals surface area contributed by atoms with E-state index >= 15 is 0 Å². The number of morpholine rings is 2. The molecule has 0 bridgehead atoms. The first-order valence-electron chi connectivity index (χ1n) is 41.2. The maximum absolute atomic E-state index is 12.2. The minimum Gasteiger partial charge on any atom is -0.480 e. The maximum Gasteiger partial charge on any atom is 0.321 e. The molecule has 115 heavy (non-hydrogen) atoms. The molecule has 3 aliphatic rings. The van der Waals surface area contributed by atoms with Gasteiger partial charge in [-0.05, 0) is 181 Å². The Hall–Kier alpha value is -11.0. The molecule has 15 rings (SSSR count). The zero-order chi connectivity index (χ0) is 88.0. The molecular weight excluding hydrogens is 1520 g/mol. The fourth-order valence-electron chi connectivity index (χ4n) is 12.9. The molecule has 5 unspecified atom stereocenters. The number of rotatable bonds is 22. The monoisotopic (exact) mass is 1620 g/mol. The number of aliphatic carboxylic acids is 1. The zero-order valence-electron chi connectivity index (χ0n) is 72.0. The lowest BCUT2D eigenvalue weighted by Crippen LogP contribution is -2.46. The molecule has 6 atom stereocenters. The van der Waals surface area contributed by atoms with Crippen molar-refractivity contribution in [3.05, 3.63) is 163 Å². The van der Waals surface area contributed by atoms with Crippen LogP contribution in [0.25, 0.3) is 97.8 Å². The number of carbonyl (C=O) groups is 4. The highest BCUT2D eigenvalue weighted by molar-refractivity contribution is 7.23. The summed E-state index contributed by atoms with van der Waals surface area (Å²) in [5, 5.41) is 56.7.